The fourth-order valence-corrected chi connectivity index (χ4v) is 2.77. The molecule has 4 heteroatoms. The maximum Gasteiger partial charge on any atom is 0.144 e. The molecular formula is C16H25ClN2O. The van der Waals surface area contributed by atoms with Crippen molar-refractivity contribution in [3.63, 3.8) is 0 Å². The minimum atomic E-state index is 0.152. The molecule has 3 nitrogen and oxygen atoms in total. The molecule has 1 fully saturated rings. The maximum atomic E-state index is 5.97. The summed E-state index contributed by atoms with van der Waals surface area (Å²) in [4.78, 5) is 2.55. The van der Waals surface area contributed by atoms with Gasteiger partial charge in [0.1, 0.15) is 5.75 Å². The van der Waals surface area contributed by atoms with Crippen LogP contribution in [0.5, 0.6) is 5.75 Å². The second kappa shape index (κ2) is 7.75. The molecule has 0 spiro atoms. The molecule has 0 radical (unpaired) electrons. The molecular weight excluding hydrogens is 272 g/mol. The van der Waals surface area contributed by atoms with Crippen molar-refractivity contribution in [1.29, 1.82) is 0 Å². The summed E-state index contributed by atoms with van der Waals surface area (Å²) in [6.07, 6.45) is 6.58. The summed E-state index contributed by atoms with van der Waals surface area (Å²) < 4.78 is 5.91. The molecule has 0 aromatic heterocycles. The highest BCUT2D eigenvalue weighted by atomic mass is 35.5. The van der Waals surface area contributed by atoms with E-state index in [0.717, 1.165) is 13.0 Å². The maximum absolute atomic E-state index is 5.97. The van der Waals surface area contributed by atoms with Gasteiger partial charge < -0.3 is 15.4 Å². The molecule has 1 aliphatic rings. The summed E-state index contributed by atoms with van der Waals surface area (Å²) in [5.41, 5.74) is 6.55. The van der Waals surface area contributed by atoms with Crippen molar-refractivity contribution in [1.82, 2.24) is 4.90 Å². The Morgan fingerprint density at radius 3 is 2.65 bits per heavy atom. The molecule has 20 heavy (non-hydrogen) atoms. The van der Waals surface area contributed by atoms with E-state index in [2.05, 4.69) is 11.8 Å². The van der Waals surface area contributed by atoms with E-state index in [9.17, 15) is 0 Å². The van der Waals surface area contributed by atoms with Gasteiger partial charge in [0.15, 0.2) is 0 Å². The van der Waals surface area contributed by atoms with Crippen molar-refractivity contribution in [2.24, 2.45) is 0 Å². The number of likely N-dealkylation sites (tertiary alicyclic amines) is 1. The van der Waals surface area contributed by atoms with Crippen LogP contribution >= 0.6 is 11.6 Å². The van der Waals surface area contributed by atoms with Crippen LogP contribution in [0, 0.1) is 0 Å². The fraction of sp³-hybridized carbons (Fsp3) is 0.625. The van der Waals surface area contributed by atoms with Gasteiger partial charge in [-0.25, -0.2) is 0 Å². The SMILES string of the molecule is CC(CCN1CCCCCC1)Oc1cc(Cl)ccc1N. The number of ether oxygens (including phenoxy) is 1. The lowest BCUT2D eigenvalue weighted by atomic mass is 10.2. The molecule has 1 saturated heterocycles. The van der Waals surface area contributed by atoms with Crippen LogP contribution in [0.15, 0.2) is 18.2 Å². The molecule has 1 aromatic carbocycles. The second-order valence-corrected chi connectivity index (χ2v) is 6.09. The molecule has 1 aliphatic heterocycles. The lowest BCUT2D eigenvalue weighted by molar-refractivity contribution is 0.179. The van der Waals surface area contributed by atoms with Crippen LogP contribution in [0.25, 0.3) is 0 Å². The highest BCUT2D eigenvalue weighted by Gasteiger charge is 2.12. The molecule has 1 unspecified atom stereocenters. The molecule has 0 amide bonds. The number of nitrogens with zero attached hydrogens (tertiary/aromatic N) is 1. The van der Waals surface area contributed by atoms with Crippen LogP contribution in [0.1, 0.15) is 39.0 Å². The Morgan fingerprint density at radius 2 is 1.95 bits per heavy atom. The third-order valence-corrected chi connectivity index (χ3v) is 4.09. The van der Waals surface area contributed by atoms with Crippen LogP contribution in [0.2, 0.25) is 5.02 Å². The molecule has 0 saturated carbocycles. The topological polar surface area (TPSA) is 38.5 Å². The highest BCUT2D eigenvalue weighted by molar-refractivity contribution is 6.30. The highest BCUT2D eigenvalue weighted by Crippen LogP contribution is 2.26. The lowest BCUT2D eigenvalue weighted by Crippen LogP contribution is -2.29. The minimum Gasteiger partial charge on any atom is -0.488 e. The Balaban J connectivity index is 1.79. The zero-order valence-corrected chi connectivity index (χ0v) is 13.0. The van der Waals surface area contributed by atoms with Crippen molar-refractivity contribution in [3.05, 3.63) is 23.2 Å². The van der Waals surface area contributed by atoms with Crippen LogP contribution in [-0.4, -0.2) is 30.6 Å². The average Bonchev–Trinajstić information content (AvgIpc) is 2.69. The molecule has 2 rings (SSSR count). The number of halogens is 1. The predicted molar refractivity (Wildman–Crippen MR) is 85.5 cm³/mol. The Labute approximate surface area is 127 Å². The van der Waals surface area contributed by atoms with E-state index in [1.807, 2.05) is 0 Å². The quantitative estimate of drug-likeness (QED) is 0.836. The van der Waals surface area contributed by atoms with Gasteiger partial charge in [0.05, 0.1) is 11.8 Å². The summed E-state index contributed by atoms with van der Waals surface area (Å²) in [5, 5.41) is 0.661. The summed E-state index contributed by atoms with van der Waals surface area (Å²) in [6.45, 7) is 5.65. The molecule has 0 aliphatic carbocycles. The number of benzene rings is 1. The molecule has 112 valence electrons. The van der Waals surface area contributed by atoms with Crippen LogP contribution in [-0.2, 0) is 0 Å². The Kier molecular flexibility index (Phi) is 5.99. The van der Waals surface area contributed by atoms with Gasteiger partial charge in [0, 0.05) is 17.6 Å². The largest absolute Gasteiger partial charge is 0.488 e. The van der Waals surface area contributed by atoms with E-state index in [1.54, 1.807) is 18.2 Å². The van der Waals surface area contributed by atoms with Crippen molar-refractivity contribution >= 4 is 17.3 Å². The average molecular weight is 297 g/mol. The molecule has 0 bridgehead atoms. The first-order valence-corrected chi connectivity index (χ1v) is 7.97. The van der Waals surface area contributed by atoms with Gasteiger partial charge in [-0.2, -0.15) is 0 Å². The lowest BCUT2D eigenvalue weighted by Gasteiger charge is -2.23. The van der Waals surface area contributed by atoms with E-state index in [4.69, 9.17) is 22.1 Å². The third-order valence-electron chi connectivity index (χ3n) is 3.85. The van der Waals surface area contributed by atoms with Crippen LogP contribution < -0.4 is 10.5 Å². The van der Waals surface area contributed by atoms with Crippen LogP contribution in [0.3, 0.4) is 0 Å². The summed E-state index contributed by atoms with van der Waals surface area (Å²) in [5.74, 6) is 0.695. The zero-order valence-electron chi connectivity index (χ0n) is 12.3. The first kappa shape index (κ1) is 15.5. The van der Waals surface area contributed by atoms with Crippen LogP contribution in [0.4, 0.5) is 5.69 Å². The van der Waals surface area contributed by atoms with Gasteiger partial charge in [0.25, 0.3) is 0 Å². The van der Waals surface area contributed by atoms with Gasteiger partial charge >= 0.3 is 0 Å². The van der Waals surface area contributed by atoms with Crippen molar-refractivity contribution < 1.29 is 4.74 Å². The first-order chi connectivity index (χ1) is 9.65. The number of rotatable bonds is 5. The van der Waals surface area contributed by atoms with E-state index in [-0.39, 0.29) is 6.10 Å². The van der Waals surface area contributed by atoms with E-state index in [1.165, 1.54) is 38.8 Å². The molecule has 1 atom stereocenters. The smallest absolute Gasteiger partial charge is 0.144 e. The summed E-state index contributed by atoms with van der Waals surface area (Å²) in [7, 11) is 0. The summed E-state index contributed by atoms with van der Waals surface area (Å²) in [6, 6.07) is 5.37. The number of nitrogen functional groups attached to an aromatic ring is 1. The van der Waals surface area contributed by atoms with Gasteiger partial charge in [0.2, 0.25) is 0 Å². The fourth-order valence-electron chi connectivity index (χ4n) is 2.61. The second-order valence-electron chi connectivity index (χ2n) is 5.66. The number of anilines is 1. The molecule has 1 aromatic rings. The predicted octanol–water partition coefficient (Wildman–Crippen LogP) is 3.96. The van der Waals surface area contributed by atoms with E-state index in [0.29, 0.717) is 16.5 Å². The Morgan fingerprint density at radius 1 is 1.25 bits per heavy atom. The van der Waals surface area contributed by atoms with Crippen molar-refractivity contribution in [2.45, 2.75) is 45.1 Å². The first-order valence-electron chi connectivity index (χ1n) is 7.59. The summed E-state index contributed by atoms with van der Waals surface area (Å²) >= 11 is 5.97. The number of hydrogen-bond donors (Lipinski definition) is 1. The van der Waals surface area contributed by atoms with Gasteiger partial charge in [-0.1, -0.05) is 24.4 Å². The molecule has 2 N–H and O–H groups in total. The van der Waals surface area contributed by atoms with Crippen molar-refractivity contribution in [2.75, 3.05) is 25.4 Å². The molecule has 1 heterocycles. The van der Waals surface area contributed by atoms with Gasteiger partial charge in [-0.05, 0) is 51.4 Å². The Bertz CT molecular complexity index is 417. The monoisotopic (exact) mass is 296 g/mol. The Hall–Kier alpha value is -0.930. The standard InChI is InChI=1S/C16H25ClN2O/c1-13(8-11-19-9-4-2-3-5-10-19)20-16-12-14(17)6-7-15(16)18/h6-7,12-13H,2-5,8-11,18H2,1H3. The number of nitrogens with two attached hydrogens (primary N) is 1. The van der Waals surface area contributed by atoms with Gasteiger partial charge in [-0.15, -0.1) is 0 Å². The van der Waals surface area contributed by atoms with E-state index >= 15 is 0 Å². The van der Waals surface area contributed by atoms with Gasteiger partial charge in [-0.3, -0.25) is 0 Å². The normalized spacial score (nSPS) is 18.5. The number of hydrogen-bond acceptors (Lipinski definition) is 3. The van der Waals surface area contributed by atoms with Crippen molar-refractivity contribution in [3.8, 4) is 5.75 Å². The third kappa shape index (κ3) is 4.88. The minimum absolute atomic E-state index is 0.152. The zero-order chi connectivity index (χ0) is 14.4. The van der Waals surface area contributed by atoms with E-state index < -0.39 is 0 Å².